The van der Waals surface area contributed by atoms with E-state index in [-0.39, 0.29) is 6.10 Å². The van der Waals surface area contributed by atoms with Crippen molar-refractivity contribution in [2.75, 3.05) is 14.2 Å². The lowest BCUT2D eigenvalue weighted by Crippen LogP contribution is -2.38. The normalized spacial score (nSPS) is 15.4. The number of thiazole rings is 1. The lowest BCUT2D eigenvalue weighted by atomic mass is 10.1. The van der Waals surface area contributed by atoms with Gasteiger partial charge in [-0.25, -0.2) is 4.98 Å². The summed E-state index contributed by atoms with van der Waals surface area (Å²) >= 11 is 1.71. The zero-order chi connectivity index (χ0) is 10.6. The molecule has 3 nitrogen and oxygen atoms in total. The van der Waals surface area contributed by atoms with E-state index in [1.165, 1.54) is 5.01 Å². The minimum Gasteiger partial charge on any atom is -0.380 e. The van der Waals surface area contributed by atoms with Crippen molar-refractivity contribution >= 4 is 11.3 Å². The highest BCUT2D eigenvalue weighted by Crippen LogP contribution is 2.13. The van der Waals surface area contributed by atoms with Gasteiger partial charge in [0.15, 0.2) is 0 Å². The molecule has 1 rings (SSSR count). The summed E-state index contributed by atoms with van der Waals surface area (Å²) in [6.45, 7) is 4.09. The predicted octanol–water partition coefficient (Wildman–Crippen LogP) is 1.62. The first-order valence-corrected chi connectivity index (χ1v) is 5.66. The van der Waals surface area contributed by atoms with Crippen LogP contribution in [0.4, 0.5) is 0 Å². The number of rotatable bonds is 5. The third-order valence-corrected chi connectivity index (χ3v) is 3.36. The smallest absolute Gasteiger partial charge is 0.0944 e. The SMILES string of the molecule is CNC(Cc1nc(C)cs1)C(C)OC. The molecule has 2 atom stereocenters. The maximum Gasteiger partial charge on any atom is 0.0944 e. The lowest BCUT2D eigenvalue weighted by Gasteiger charge is -2.21. The molecule has 0 aliphatic rings. The molecule has 2 unspecified atom stereocenters. The third kappa shape index (κ3) is 3.04. The van der Waals surface area contributed by atoms with E-state index in [9.17, 15) is 0 Å². The second-order valence-electron chi connectivity index (χ2n) is 3.42. The van der Waals surface area contributed by atoms with Crippen LogP contribution in [0.1, 0.15) is 17.6 Å². The minimum absolute atomic E-state index is 0.212. The largest absolute Gasteiger partial charge is 0.380 e. The highest BCUT2D eigenvalue weighted by molar-refractivity contribution is 7.09. The van der Waals surface area contributed by atoms with Crippen molar-refractivity contribution in [1.29, 1.82) is 0 Å². The molecule has 1 aromatic heterocycles. The van der Waals surface area contributed by atoms with Gasteiger partial charge in [-0.1, -0.05) is 0 Å². The van der Waals surface area contributed by atoms with E-state index in [0.29, 0.717) is 6.04 Å². The highest BCUT2D eigenvalue weighted by atomic mass is 32.1. The molecule has 1 aromatic rings. The van der Waals surface area contributed by atoms with E-state index in [0.717, 1.165) is 12.1 Å². The number of methoxy groups -OCH3 is 1. The van der Waals surface area contributed by atoms with Crippen molar-refractivity contribution in [2.45, 2.75) is 32.4 Å². The second-order valence-corrected chi connectivity index (χ2v) is 4.37. The van der Waals surface area contributed by atoms with Gasteiger partial charge in [-0.3, -0.25) is 0 Å². The van der Waals surface area contributed by atoms with Crippen LogP contribution in [0.25, 0.3) is 0 Å². The quantitative estimate of drug-likeness (QED) is 0.808. The molecule has 0 aliphatic heterocycles. The van der Waals surface area contributed by atoms with Crippen molar-refractivity contribution < 1.29 is 4.74 Å². The van der Waals surface area contributed by atoms with Crippen LogP contribution in [-0.4, -0.2) is 31.3 Å². The van der Waals surface area contributed by atoms with Crippen molar-refractivity contribution in [2.24, 2.45) is 0 Å². The lowest BCUT2D eigenvalue weighted by molar-refractivity contribution is 0.0857. The third-order valence-electron chi connectivity index (χ3n) is 2.37. The number of ether oxygens (including phenoxy) is 1. The molecule has 0 radical (unpaired) electrons. The fraction of sp³-hybridized carbons (Fsp3) is 0.700. The molecule has 0 bridgehead atoms. The molecular formula is C10H18N2OS. The van der Waals surface area contributed by atoms with E-state index in [4.69, 9.17) is 4.74 Å². The summed E-state index contributed by atoms with van der Waals surface area (Å²) in [5.41, 5.74) is 1.10. The molecule has 80 valence electrons. The van der Waals surface area contributed by atoms with Crippen molar-refractivity contribution in [3.8, 4) is 0 Å². The maximum absolute atomic E-state index is 5.30. The van der Waals surface area contributed by atoms with Gasteiger partial charge < -0.3 is 10.1 Å². The molecule has 0 aromatic carbocycles. The fourth-order valence-corrected chi connectivity index (χ4v) is 2.18. The zero-order valence-corrected chi connectivity index (χ0v) is 10.0. The summed E-state index contributed by atoms with van der Waals surface area (Å²) < 4.78 is 5.30. The monoisotopic (exact) mass is 214 g/mol. The Morgan fingerprint density at radius 1 is 1.64 bits per heavy atom. The van der Waals surface area contributed by atoms with Gasteiger partial charge in [0.1, 0.15) is 0 Å². The average molecular weight is 214 g/mol. The van der Waals surface area contributed by atoms with Crippen LogP contribution < -0.4 is 5.32 Å². The number of hydrogen-bond acceptors (Lipinski definition) is 4. The Kier molecular flexibility index (Phi) is 4.51. The Bertz CT molecular complexity index is 275. The first-order valence-electron chi connectivity index (χ1n) is 4.78. The van der Waals surface area contributed by atoms with Gasteiger partial charge in [-0.2, -0.15) is 0 Å². The fourth-order valence-electron chi connectivity index (χ4n) is 1.35. The summed E-state index contributed by atoms with van der Waals surface area (Å²) in [5.74, 6) is 0. The number of likely N-dealkylation sites (N-methyl/N-ethyl adjacent to an activating group) is 1. The molecule has 0 amide bonds. The molecule has 0 spiro atoms. The summed E-state index contributed by atoms with van der Waals surface area (Å²) in [7, 11) is 3.70. The highest BCUT2D eigenvalue weighted by Gasteiger charge is 2.16. The predicted molar refractivity (Wildman–Crippen MR) is 59.9 cm³/mol. The van der Waals surface area contributed by atoms with Crippen LogP contribution in [0, 0.1) is 6.92 Å². The first-order chi connectivity index (χ1) is 6.67. The molecule has 1 N–H and O–H groups in total. The van der Waals surface area contributed by atoms with E-state index >= 15 is 0 Å². The minimum atomic E-state index is 0.212. The van der Waals surface area contributed by atoms with Crippen LogP contribution in [0.2, 0.25) is 0 Å². The Balaban J connectivity index is 2.56. The van der Waals surface area contributed by atoms with Gasteiger partial charge in [0.05, 0.1) is 11.1 Å². The van der Waals surface area contributed by atoms with Crippen molar-refractivity contribution in [1.82, 2.24) is 10.3 Å². The average Bonchev–Trinajstić information content (AvgIpc) is 2.59. The van der Waals surface area contributed by atoms with Crippen LogP contribution in [0.5, 0.6) is 0 Å². The molecule has 0 saturated carbocycles. The summed E-state index contributed by atoms with van der Waals surface area (Å²) in [4.78, 5) is 4.44. The molecule has 1 heterocycles. The molecule has 4 heteroatoms. The van der Waals surface area contributed by atoms with Gasteiger partial charge in [0.2, 0.25) is 0 Å². The molecule has 0 saturated heterocycles. The zero-order valence-electron chi connectivity index (χ0n) is 9.20. The number of nitrogens with zero attached hydrogens (tertiary/aromatic N) is 1. The Morgan fingerprint density at radius 2 is 2.36 bits per heavy atom. The van der Waals surface area contributed by atoms with Crippen LogP contribution in [0.15, 0.2) is 5.38 Å². The van der Waals surface area contributed by atoms with E-state index in [1.54, 1.807) is 18.4 Å². The van der Waals surface area contributed by atoms with Gasteiger partial charge in [-0.15, -0.1) is 11.3 Å². The van der Waals surface area contributed by atoms with E-state index in [1.807, 2.05) is 14.0 Å². The van der Waals surface area contributed by atoms with Crippen LogP contribution in [0.3, 0.4) is 0 Å². The second kappa shape index (κ2) is 5.44. The van der Waals surface area contributed by atoms with Gasteiger partial charge in [0.25, 0.3) is 0 Å². The molecular weight excluding hydrogens is 196 g/mol. The number of aryl methyl sites for hydroxylation is 1. The van der Waals surface area contributed by atoms with Crippen molar-refractivity contribution in [3.63, 3.8) is 0 Å². The van der Waals surface area contributed by atoms with Crippen LogP contribution in [-0.2, 0) is 11.2 Å². The topological polar surface area (TPSA) is 34.2 Å². The molecule has 0 aliphatic carbocycles. The summed E-state index contributed by atoms with van der Waals surface area (Å²) in [6.07, 6.45) is 1.15. The van der Waals surface area contributed by atoms with E-state index < -0.39 is 0 Å². The number of hydrogen-bond donors (Lipinski definition) is 1. The van der Waals surface area contributed by atoms with Crippen molar-refractivity contribution in [3.05, 3.63) is 16.1 Å². The van der Waals surface area contributed by atoms with Crippen LogP contribution >= 0.6 is 11.3 Å². The first kappa shape index (κ1) is 11.6. The Labute approximate surface area is 89.5 Å². The summed E-state index contributed by atoms with van der Waals surface area (Å²) in [5, 5.41) is 6.51. The summed E-state index contributed by atoms with van der Waals surface area (Å²) in [6, 6.07) is 0.338. The van der Waals surface area contributed by atoms with Gasteiger partial charge in [-0.05, 0) is 20.9 Å². The van der Waals surface area contributed by atoms with E-state index in [2.05, 4.69) is 22.6 Å². The standard InChI is InChI=1S/C10H18N2OS/c1-7-6-14-10(12-7)5-9(11-3)8(2)13-4/h6,8-9,11H,5H2,1-4H3. The Morgan fingerprint density at radius 3 is 2.79 bits per heavy atom. The van der Waals surface area contributed by atoms with Gasteiger partial charge in [0, 0.05) is 30.6 Å². The van der Waals surface area contributed by atoms with Gasteiger partial charge >= 0.3 is 0 Å². The number of nitrogens with one attached hydrogen (secondary N) is 1. The Hall–Kier alpha value is -0.450. The number of aromatic nitrogens is 1. The maximum atomic E-state index is 5.30. The molecule has 0 fully saturated rings. The molecule has 14 heavy (non-hydrogen) atoms.